The molecule has 14 heavy (non-hydrogen) atoms. The van der Waals surface area contributed by atoms with Gasteiger partial charge in [-0.3, -0.25) is 0 Å². The summed E-state index contributed by atoms with van der Waals surface area (Å²) in [6.07, 6.45) is 0.823. The molecule has 4 N–H and O–H groups in total. The number of hydrogen-bond acceptors (Lipinski definition) is 2. The Labute approximate surface area is 86.6 Å². The predicted molar refractivity (Wildman–Crippen MR) is 59.1 cm³/mol. The van der Waals surface area contributed by atoms with Gasteiger partial charge in [-0.2, -0.15) is 0 Å². The van der Waals surface area contributed by atoms with Crippen molar-refractivity contribution in [3.05, 3.63) is 0 Å². The highest BCUT2D eigenvalue weighted by atomic mass is 16.2. The number of rotatable bonds is 5. The average molecular weight is 201 g/mol. The van der Waals surface area contributed by atoms with Crippen LogP contribution in [-0.2, 0) is 0 Å². The Morgan fingerprint density at radius 1 is 1.21 bits per heavy atom. The third-order valence-corrected chi connectivity index (χ3v) is 2.02. The number of urea groups is 1. The van der Waals surface area contributed by atoms with Gasteiger partial charge in [0.1, 0.15) is 0 Å². The van der Waals surface area contributed by atoms with Gasteiger partial charge in [-0.1, -0.05) is 13.8 Å². The molecule has 0 heterocycles. The van der Waals surface area contributed by atoms with E-state index in [2.05, 4.69) is 24.5 Å². The number of carbonyl (C=O) groups is 1. The van der Waals surface area contributed by atoms with Crippen LogP contribution < -0.4 is 16.4 Å². The van der Waals surface area contributed by atoms with Crippen molar-refractivity contribution in [2.45, 2.75) is 46.2 Å². The van der Waals surface area contributed by atoms with Gasteiger partial charge in [0.2, 0.25) is 0 Å². The molecule has 0 fully saturated rings. The molecule has 0 aliphatic heterocycles. The van der Waals surface area contributed by atoms with E-state index in [-0.39, 0.29) is 18.1 Å². The van der Waals surface area contributed by atoms with Crippen molar-refractivity contribution >= 4 is 6.03 Å². The van der Waals surface area contributed by atoms with Crippen molar-refractivity contribution in [3.63, 3.8) is 0 Å². The van der Waals surface area contributed by atoms with Crippen molar-refractivity contribution in [1.29, 1.82) is 0 Å². The summed E-state index contributed by atoms with van der Waals surface area (Å²) in [5, 5.41) is 5.71. The lowest BCUT2D eigenvalue weighted by atomic mass is 10.0. The molecule has 0 rings (SSSR count). The molecule has 1 unspecified atom stereocenters. The number of nitrogens with two attached hydrogens (primary N) is 1. The fourth-order valence-corrected chi connectivity index (χ4v) is 1.22. The Balaban J connectivity index is 3.96. The Morgan fingerprint density at radius 3 is 2.14 bits per heavy atom. The Kier molecular flexibility index (Phi) is 6.28. The largest absolute Gasteiger partial charge is 0.336 e. The smallest absolute Gasteiger partial charge is 0.315 e. The third kappa shape index (κ3) is 5.80. The first-order chi connectivity index (χ1) is 6.47. The summed E-state index contributed by atoms with van der Waals surface area (Å²) >= 11 is 0. The Bertz CT molecular complexity index is 169. The second-order valence-electron chi connectivity index (χ2n) is 4.20. The van der Waals surface area contributed by atoms with Crippen LogP contribution in [0.25, 0.3) is 0 Å². The Hall–Kier alpha value is -0.770. The summed E-state index contributed by atoms with van der Waals surface area (Å²) in [6.45, 7) is 8.64. The van der Waals surface area contributed by atoms with Gasteiger partial charge < -0.3 is 16.4 Å². The lowest BCUT2D eigenvalue weighted by Crippen LogP contribution is -2.47. The van der Waals surface area contributed by atoms with E-state index in [0.717, 1.165) is 6.42 Å². The van der Waals surface area contributed by atoms with Gasteiger partial charge in [-0.15, -0.1) is 0 Å². The van der Waals surface area contributed by atoms with Crippen LogP contribution in [0.15, 0.2) is 0 Å². The molecule has 84 valence electrons. The summed E-state index contributed by atoms with van der Waals surface area (Å²) in [6, 6.07) is 0.228. The number of nitrogens with one attached hydrogen (secondary N) is 2. The van der Waals surface area contributed by atoms with Crippen LogP contribution in [0.3, 0.4) is 0 Å². The summed E-state index contributed by atoms with van der Waals surface area (Å²) in [7, 11) is 0. The molecular formula is C10H23N3O. The standard InChI is InChI=1S/C10H23N3O/c1-7(2)9(5-6-11)13-10(14)12-8(3)4/h7-9H,5-6,11H2,1-4H3,(H2,12,13,14). The minimum atomic E-state index is -0.104. The molecule has 0 aliphatic rings. The zero-order valence-electron chi connectivity index (χ0n) is 9.63. The van der Waals surface area contributed by atoms with E-state index in [1.54, 1.807) is 0 Å². The van der Waals surface area contributed by atoms with E-state index in [1.165, 1.54) is 0 Å². The highest BCUT2D eigenvalue weighted by molar-refractivity contribution is 5.74. The van der Waals surface area contributed by atoms with E-state index < -0.39 is 0 Å². The molecule has 0 spiro atoms. The van der Waals surface area contributed by atoms with Gasteiger partial charge in [0.25, 0.3) is 0 Å². The van der Waals surface area contributed by atoms with Crippen molar-refractivity contribution in [2.24, 2.45) is 11.7 Å². The van der Waals surface area contributed by atoms with Crippen molar-refractivity contribution < 1.29 is 4.79 Å². The third-order valence-electron chi connectivity index (χ3n) is 2.02. The van der Waals surface area contributed by atoms with Crippen molar-refractivity contribution in [2.75, 3.05) is 6.54 Å². The lowest BCUT2D eigenvalue weighted by Gasteiger charge is -2.22. The van der Waals surface area contributed by atoms with Crippen LogP contribution in [0, 0.1) is 5.92 Å². The Morgan fingerprint density at radius 2 is 1.79 bits per heavy atom. The molecule has 1 atom stereocenters. The van der Waals surface area contributed by atoms with Crippen LogP contribution in [-0.4, -0.2) is 24.7 Å². The van der Waals surface area contributed by atoms with Gasteiger partial charge in [-0.05, 0) is 32.7 Å². The van der Waals surface area contributed by atoms with Gasteiger partial charge >= 0.3 is 6.03 Å². The molecule has 0 aromatic rings. The van der Waals surface area contributed by atoms with Crippen LogP contribution in [0.5, 0.6) is 0 Å². The van der Waals surface area contributed by atoms with E-state index >= 15 is 0 Å². The highest BCUT2D eigenvalue weighted by Gasteiger charge is 2.15. The maximum absolute atomic E-state index is 11.4. The van der Waals surface area contributed by atoms with Gasteiger partial charge in [0, 0.05) is 12.1 Å². The zero-order chi connectivity index (χ0) is 11.1. The van der Waals surface area contributed by atoms with Gasteiger partial charge in [-0.25, -0.2) is 4.79 Å². The van der Waals surface area contributed by atoms with Crippen LogP contribution in [0.1, 0.15) is 34.1 Å². The molecule has 0 saturated carbocycles. The fraction of sp³-hybridized carbons (Fsp3) is 0.900. The van der Waals surface area contributed by atoms with Crippen LogP contribution >= 0.6 is 0 Å². The first-order valence-electron chi connectivity index (χ1n) is 5.24. The monoisotopic (exact) mass is 201 g/mol. The van der Waals surface area contributed by atoms with Gasteiger partial charge in [0.05, 0.1) is 0 Å². The molecule has 4 nitrogen and oxygen atoms in total. The molecule has 0 radical (unpaired) electrons. The van der Waals surface area contributed by atoms with Crippen LogP contribution in [0.4, 0.5) is 4.79 Å². The topological polar surface area (TPSA) is 67.2 Å². The first kappa shape index (κ1) is 13.2. The molecule has 4 heteroatoms. The quantitative estimate of drug-likeness (QED) is 0.623. The summed E-state index contributed by atoms with van der Waals surface area (Å²) in [5.74, 6) is 0.413. The average Bonchev–Trinajstić information content (AvgIpc) is 2.01. The first-order valence-corrected chi connectivity index (χ1v) is 5.24. The lowest BCUT2D eigenvalue weighted by molar-refractivity contribution is 0.229. The molecule has 0 bridgehead atoms. The predicted octanol–water partition coefficient (Wildman–Crippen LogP) is 1.07. The van der Waals surface area contributed by atoms with E-state index in [9.17, 15) is 4.79 Å². The van der Waals surface area contributed by atoms with E-state index in [4.69, 9.17) is 5.73 Å². The molecule has 2 amide bonds. The molecule has 0 saturated heterocycles. The molecule has 0 aromatic carbocycles. The maximum Gasteiger partial charge on any atom is 0.315 e. The minimum absolute atomic E-state index is 0.104. The van der Waals surface area contributed by atoms with E-state index in [1.807, 2.05) is 13.8 Å². The van der Waals surface area contributed by atoms with Crippen molar-refractivity contribution in [1.82, 2.24) is 10.6 Å². The highest BCUT2D eigenvalue weighted by Crippen LogP contribution is 2.04. The number of amides is 2. The fourth-order valence-electron chi connectivity index (χ4n) is 1.22. The second-order valence-corrected chi connectivity index (χ2v) is 4.20. The zero-order valence-corrected chi connectivity index (χ0v) is 9.63. The second kappa shape index (κ2) is 6.65. The van der Waals surface area contributed by atoms with E-state index in [0.29, 0.717) is 12.5 Å². The summed E-state index contributed by atoms with van der Waals surface area (Å²) < 4.78 is 0. The number of carbonyl (C=O) groups excluding carboxylic acids is 1. The molecule has 0 aliphatic carbocycles. The SMILES string of the molecule is CC(C)NC(=O)NC(CCN)C(C)C. The minimum Gasteiger partial charge on any atom is -0.336 e. The molecular weight excluding hydrogens is 178 g/mol. The van der Waals surface area contributed by atoms with Crippen molar-refractivity contribution in [3.8, 4) is 0 Å². The number of hydrogen-bond donors (Lipinski definition) is 3. The van der Waals surface area contributed by atoms with Gasteiger partial charge in [0.15, 0.2) is 0 Å². The molecule has 0 aromatic heterocycles. The summed E-state index contributed by atoms with van der Waals surface area (Å²) in [5.41, 5.74) is 5.47. The van der Waals surface area contributed by atoms with Crippen LogP contribution in [0.2, 0.25) is 0 Å². The maximum atomic E-state index is 11.4. The summed E-state index contributed by atoms with van der Waals surface area (Å²) in [4.78, 5) is 11.4. The normalized spacial score (nSPS) is 13.1.